The van der Waals surface area contributed by atoms with Crippen molar-refractivity contribution in [3.05, 3.63) is 71.4 Å². The van der Waals surface area contributed by atoms with Gasteiger partial charge in [-0.2, -0.15) is 13.2 Å². The molecule has 0 aliphatic heterocycles. The average Bonchev–Trinajstić information content (AvgIpc) is 3.03. The lowest BCUT2D eigenvalue weighted by Gasteiger charge is -2.08. The van der Waals surface area contributed by atoms with Gasteiger partial charge in [-0.25, -0.2) is 0 Å². The molecule has 0 bridgehead atoms. The van der Waals surface area contributed by atoms with E-state index in [1.54, 1.807) is 0 Å². The minimum Gasteiger partial charge on any atom is -0.361 e. The number of nitrogens with one attached hydrogen (secondary N) is 2. The predicted octanol–water partition coefficient (Wildman–Crippen LogP) is 3.90. The summed E-state index contributed by atoms with van der Waals surface area (Å²) in [4.78, 5) is 14.9. The van der Waals surface area contributed by atoms with E-state index in [1.807, 2.05) is 30.5 Å². The number of carbonyl (C=O) groups excluding carboxylic acids is 1. The van der Waals surface area contributed by atoms with Crippen LogP contribution in [0.2, 0.25) is 0 Å². The summed E-state index contributed by atoms with van der Waals surface area (Å²) in [5.74, 6) is 3.92. The fraction of sp³-hybridized carbons (Fsp3) is 0.150. The maximum Gasteiger partial charge on any atom is 0.417 e. The molecule has 0 unspecified atom stereocenters. The molecule has 0 aliphatic rings. The summed E-state index contributed by atoms with van der Waals surface area (Å²) in [6, 6.07) is 12.7. The van der Waals surface area contributed by atoms with Crippen LogP contribution < -0.4 is 5.32 Å². The summed E-state index contributed by atoms with van der Waals surface area (Å²) >= 11 is 0. The fourth-order valence-corrected chi connectivity index (χ4v) is 2.66. The van der Waals surface area contributed by atoms with Crippen molar-refractivity contribution in [1.29, 1.82) is 0 Å². The summed E-state index contributed by atoms with van der Waals surface area (Å²) < 4.78 is 38.7. The topological polar surface area (TPSA) is 44.9 Å². The largest absolute Gasteiger partial charge is 0.417 e. The quantitative estimate of drug-likeness (QED) is 0.687. The van der Waals surface area contributed by atoms with Crippen LogP contribution in [0, 0.1) is 11.8 Å². The Bertz CT molecular complexity index is 993. The molecule has 1 aromatic heterocycles. The monoisotopic (exact) mass is 356 g/mol. The first kappa shape index (κ1) is 17.6. The first-order chi connectivity index (χ1) is 12.4. The number of para-hydroxylation sites is 1. The van der Waals surface area contributed by atoms with Gasteiger partial charge in [-0.05, 0) is 30.2 Å². The number of carbonyl (C=O) groups is 1. The Morgan fingerprint density at radius 3 is 2.62 bits per heavy atom. The molecule has 3 aromatic rings. The number of fused-ring (bicyclic) bond motifs is 1. The summed E-state index contributed by atoms with van der Waals surface area (Å²) in [5.41, 5.74) is 1.000. The van der Waals surface area contributed by atoms with Crippen LogP contribution >= 0.6 is 0 Å². The molecule has 2 N–H and O–H groups in total. The van der Waals surface area contributed by atoms with Gasteiger partial charge in [0.25, 0.3) is 5.91 Å². The van der Waals surface area contributed by atoms with E-state index in [2.05, 4.69) is 22.1 Å². The van der Waals surface area contributed by atoms with E-state index in [9.17, 15) is 18.0 Å². The van der Waals surface area contributed by atoms with Crippen molar-refractivity contribution in [3.63, 3.8) is 0 Å². The van der Waals surface area contributed by atoms with E-state index in [0.717, 1.165) is 22.5 Å². The molecule has 0 aliphatic carbocycles. The molecule has 132 valence electrons. The number of amides is 1. The highest BCUT2D eigenvalue weighted by Gasteiger charge is 2.32. The van der Waals surface area contributed by atoms with Crippen LogP contribution in [0.3, 0.4) is 0 Å². The highest BCUT2D eigenvalue weighted by molar-refractivity contribution is 5.94. The second kappa shape index (κ2) is 7.36. The second-order valence-corrected chi connectivity index (χ2v) is 5.66. The smallest absolute Gasteiger partial charge is 0.361 e. The van der Waals surface area contributed by atoms with Gasteiger partial charge in [-0.1, -0.05) is 36.3 Å². The molecule has 2 aromatic carbocycles. The first-order valence-electron chi connectivity index (χ1n) is 7.96. The third-order valence-corrected chi connectivity index (χ3v) is 3.90. The maximum atomic E-state index is 12.9. The Hall–Kier alpha value is -3.20. The Balaban J connectivity index is 1.62. The van der Waals surface area contributed by atoms with E-state index in [1.165, 1.54) is 18.2 Å². The zero-order valence-electron chi connectivity index (χ0n) is 13.7. The Morgan fingerprint density at radius 1 is 1.08 bits per heavy atom. The van der Waals surface area contributed by atoms with Crippen molar-refractivity contribution in [2.24, 2.45) is 0 Å². The van der Waals surface area contributed by atoms with Crippen LogP contribution in [0.5, 0.6) is 0 Å². The van der Waals surface area contributed by atoms with Gasteiger partial charge in [-0.15, -0.1) is 0 Å². The molecule has 26 heavy (non-hydrogen) atoms. The van der Waals surface area contributed by atoms with Gasteiger partial charge in [0.1, 0.15) is 0 Å². The molecule has 1 amide bonds. The van der Waals surface area contributed by atoms with Gasteiger partial charge in [-0.3, -0.25) is 4.79 Å². The standard InChI is InChI=1S/C20H15F3N2O/c21-20(22,23)17-7-3-1-5-14(17)9-10-19(26)24-12-11-15-13-25-18-8-4-2-6-16(15)18/h1-8,13,25H,11-12H2,(H,24,26). The minimum absolute atomic E-state index is 0.216. The molecule has 0 spiro atoms. The fourth-order valence-electron chi connectivity index (χ4n) is 2.66. The lowest BCUT2D eigenvalue weighted by atomic mass is 10.1. The highest BCUT2D eigenvalue weighted by Crippen LogP contribution is 2.31. The van der Waals surface area contributed by atoms with Crippen LogP contribution in [-0.2, 0) is 17.4 Å². The molecule has 0 saturated carbocycles. The van der Waals surface area contributed by atoms with Crippen molar-refractivity contribution in [2.45, 2.75) is 12.6 Å². The third-order valence-electron chi connectivity index (χ3n) is 3.90. The zero-order valence-corrected chi connectivity index (χ0v) is 13.7. The van der Waals surface area contributed by atoms with Gasteiger partial charge >= 0.3 is 6.18 Å². The normalized spacial score (nSPS) is 11.0. The number of hydrogen-bond acceptors (Lipinski definition) is 1. The molecule has 6 heteroatoms. The van der Waals surface area contributed by atoms with Crippen LogP contribution in [0.25, 0.3) is 10.9 Å². The van der Waals surface area contributed by atoms with Gasteiger partial charge < -0.3 is 10.3 Å². The van der Waals surface area contributed by atoms with E-state index in [0.29, 0.717) is 13.0 Å². The van der Waals surface area contributed by atoms with Crippen LogP contribution in [0.1, 0.15) is 16.7 Å². The molecule has 3 nitrogen and oxygen atoms in total. The summed E-state index contributed by atoms with van der Waals surface area (Å²) in [5, 5.41) is 3.68. The van der Waals surface area contributed by atoms with Gasteiger partial charge in [0.05, 0.1) is 5.56 Å². The molecular weight excluding hydrogens is 341 g/mol. The lowest BCUT2D eigenvalue weighted by molar-refractivity contribution is -0.137. The van der Waals surface area contributed by atoms with Gasteiger partial charge in [0.2, 0.25) is 0 Å². The molecule has 0 saturated heterocycles. The Kier molecular flexibility index (Phi) is 4.99. The Labute approximate surface area is 148 Å². The van der Waals surface area contributed by atoms with E-state index in [-0.39, 0.29) is 5.56 Å². The summed E-state index contributed by atoms with van der Waals surface area (Å²) in [7, 11) is 0. The number of halogens is 3. The maximum absolute atomic E-state index is 12.9. The highest BCUT2D eigenvalue weighted by atomic mass is 19.4. The molecule has 0 fully saturated rings. The summed E-state index contributed by atoms with van der Waals surface area (Å²) in [6.45, 7) is 0.344. The Morgan fingerprint density at radius 2 is 1.81 bits per heavy atom. The number of H-pyrrole nitrogens is 1. The van der Waals surface area contributed by atoms with Gasteiger partial charge in [0, 0.05) is 35.1 Å². The number of rotatable bonds is 3. The number of aromatic nitrogens is 1. The number of aromatic amines is 1. The van der Waals surface area contributed by atoms with Crippen LogP contribution in [0.4, 0.5) is 13.2 Å². The molecule has 3 rings (SSSR count). The van der Waals surface area contributed by atoms with Crippen molar-refractivity contribution in [3.8, 4) is 11.8 Å². The van der Waals surface area contributed by atoms with E-state index < -0.39 is 17.6 Å². The van der Waals surface area contributed by atoms with Crippen molar-refractivity contribution < 1.29 is 18.0 Å². The molecule has 1 heterocycles. The number of benzene rings is 2. The first-order valence-corrected chi connectivity index (χ1v) is 7.96. The van der Waals surface area contributed by atoms with Crippen LogP contribution in [0.15, 0.2) is 54.7 Å². The summed E-state index contributed by atoms with van der Waals surface area (Å²) in [6.07, 6.45) is -2.03. The minimum atomic E-state index is -4.50. The SMILES string of the molecule is O=C(C#Cc1ccccc1C(F)(F)F)NCCc1c[nH]c2ccccc12. The zero-order chi connectivity index (χ0) is 18.6. The van der Waals surface area contributed by atoms with E-state index >= 15 is 0 Å². The molecule has 0 atom stereocenters. The third kappa shape index (κ3) is 4.06. The van der Waals surface area contributed by atoms with Crippen molar-refractivity contribution >= 4 is 16.8 Å². The predicted molar refractivity (Wildman–Crippen MR) is 93.3 cm³/mol. The van der Waals surface area contributed by atoms with Crippen molar-refractivity contribution in [1.82, 2.24) is 10.3 Å². The number of hydrogen-bond donors (Lipinski definition) is 2. The van der Waals surface area contributed by atoms with E-state index in [4.69, 9.17) is 0 Å². The molecular formula is C20H15F3N2O. The number of alkyl halides is 3. The second-order valence-electron chi connectivity index (χ2n) is 5.66. The molecule has 0 radical (unpaired) electrons. The van der Waals surface area contributed by atoms with Crippen molar-refractivity contribution in [2.75, 3.05) is 6.54 Å². The van der Waals surface area contributed by atoms with Gasteiger partial charge in [0.15, 0.2) is 0 Å². The lowest BCUT2D eigenvalue weighted by Crippen LogP contribution is -2.24. The average molecular weight is 356 g/mol. The van der Waals surface area contributed by atoms with Crippen LogP contribution in [-0.4, -0.2) is 17.4 Å².